The third kappa shape index (κ3) is 1.28. The molecule has 0 bridgehead atoms. The summed E-state index contributed by atoms with van der Waals surface area (Å²) in [5.41, 5.74) is 0. The number of aliphatic hydroxyl groups excluding tert-OH is 1. The number of rotatable bonds is 0. The Morgan fingerprint density at radius 3 is 2.80 bits per heavy atom. The van der Waals surface area contributed by atoms with Crippen LogP contribution < -0.4 is 0 Å². The van der Waals surface area contributed by atoms with E-state index in [9.17, 15) is 9.90 Å². The standard InChI is InChI=1S/C11H16O4/c1-11(2)14-8-4-5-6(10(8)15-11)3-7(12)9(5)13/h5-6,8-10,13H,3-4H2,1-2H3/t5-,6-,8-,9?,10+/m0/s1. The van der Waals surface area contributed by atoms with Crippen molar-refractivity contribution in [1.82, 2.24) is 0 Å². The van der Waals surface area contributed by atoms with Gasteiger partial charge in [0.15, 0.2) is 11.6 Å². The molecule has 5 atom stereocenters. The highest BCUT2D eigenvalue weighted by Crippen LogP contribution is 2.50. The van der Waals surface area contributed by atoms with Crippen molar-refractivity contribution in [2.75, 3.05) is 0 Å². The molecule has 0 aromatic carbocycles. The van der Waals surface area contributed by atoms with Gasteiger partial charge in [-0.15, -0.1) is 0 Å². The number of hydrogen-bond donors (Lipinski definition) is 1. The molecule has 4 heteroatoms. The zero-order chi connectivity index (χ0) is 10.8. The van der Waals surface area contributed by atoms with Crippen LogP contribution >= 0.6 is 0 Å². The largest absolute Gasteiger partial charge is 0.385 e. The average Bonchev–Trinajstić information content (AvgIpc) is 2.66. The summed E-state index contributed by atoms with van der Waals surface area (Å²) in [7, 11) is 0. The van der Waals surface area contributed by atoms with Gasteiger partial charge in [0.05, 0.1) is 12.2 Å². The highest BCUT2D eigenvalue weighted by atomic mass is 16.8. The van der Waals surface area contributed by atoms with E-state index in [1.807, 2.05) is 13.8 Å². The van der Waals surface area contributed by atoms with Crippen LogP contribution in [0.2, 0.25) is 0 Å². The van der Waals surface area contributed by atoms with Crippen LogP contribution in [-0.2, 0) is 14.3 Å². The second-order valence-electron chi connectivity index (χ2n) is 5.32. The van der Waals surface area contributed by atoms with E-state index in [0.29, 0.717) is 6.42 Å². The summed E-state index contributed by atoms with van der Waals surface area (Å²) in [6.07, 6.45) is 0.498. The lowest BCUT2D eigenvalue weighted by Crippen LogP contribution is -2.27. The molecule has 1 saturated heterocycles. The molecule has 1 heterocycles. The Morgan fingerprint density at radius 2 is 2.07 bits per heavy atom. The number of carbonyl (C=O) groups excluding carboxylic acids is 1. The first kappa shape index (κ1) is 9.75. The van der Waals surface area contributed by atoms with Crippen molar-refractivity contribution in [3.8, 4) is 0 Å². The number of Topliss-reactive ketones (excluding diaryl/α,β-unsaturated/α-hetero) is 1. The van der Waals surface area contributed by atoms with Crippen molar-refractivity contribution in [3.63, 3.8) is 0 Å². The van der Waals surface area contributed by atoms with Gasteiger partial charge in [-0.3, -0.25) is 4.79 Å². The van der Waals surface area contributed by atoms with E-state index in [1.165, 1.54) is 0 Å². The fourth-order valence-electron chi connectivity index (χ4n) is 3.32. The van der Waals surface area contributed by atoms with Gasteiger partial charge in [-0.25, -0.2) is 0 Å². The Hall–Kier alpha value is -0.450. The van der Waals surface area contributed by atoms with Crippen LogP contribution in [0.3, 0.4) is 0 Å². The lowest BCUT2D eigenvalue weighted by Gasteiger charge is -2.22. The summed E-state index contributed by atoms with van der Waals surface area (Å²) in [5.74, 6) is -0.337. The van der Waals surface area contributed by atoms with Crippen LogP contribution in [-0.4, -0.2) is 35.0 Å². The molecule has 0 aromatic heterocycles. The van der Waals surface area contributed by atoms with E-state index in [1.54, 1.807) is 0 Å². The summed E-state index contributed by atoms with van der Waals surface area (Å²) in [5, 5.41) is 9.69. The molecule has 0 spiro atoms. The van der Waals surface area contributed by atoms with Crippen LogP contribution in [0.1, 0.15) is 26.7 Å². The fraction of sp³-hybridized carbons (Fsp3) is 0.909. The molecule has 3 fully saturated rings. The zero-order valence-corrected chi connectivity index (χ0v) is 8.97. The lowest BCUT2D eigenvalue weighted by atomic mass is 9.98. The molecule has 0 radical (unpaired) electrons. The van der Waals surface area contributed by atoms with Gasteiger partial charge in [-0.05, 0) is 20.3 Å². The summed E-state index contributed by atoms with van der Waals surface area (Å²) < 4.78 is 11.5. The second kappa shape index (κ2) is 2.81. The Bertz CT molecular complexity index is 312. The van der Waals surface area contributed by atoms with Gasteiger partial charge in [0.25, 0.3) is 0 Å². The monoisotopic (exact) mass is 212 g/mol. The minimum absolute atomic E-state index is 0.00565. The van der Waals surface area contributed by atoms with Gasteiger partial charge in [0, 0.05) is 18.3 Å². The van der Waals surface area contributed by atoms with Crippen LogP contribution in [0.15, 0.2) is 0 Å². The van der Waals surface area contributed by atoms with Crippen LogP contribution in [0.4, 0.5) is 0 Å². The molecule has 84 valence electrons. The minimum atomic E-state index is -0.782. The average molecular weight is 212 g/mol. The smallest absolute Gasteiger partial charge is 0.163 e. The van der Waals surface area contributed by atoms with E-state index in [-0.39, 0.29) is 29.8 Å². The molecule has 1 unspecified atom stereocenters. The maximum atomic E-state index is 11.4. The quantitative estimate of drug-likeness (QED) is 0.634. The van der Waals surface area contributed by atoms with Gasteiger partial charge in [-0.1, -0.05) is 0 Å². The Kier molecular flexibility index (Phi) is 1.83. The van der Waals surface area contributed by atoms with Crippen molar-refractivity contribution in [1.29, 1.82) is 0 Å². The maximum absolute atomic E-state index is 11.4. The highest BCUT2D eigenvalue weighted by molar-refractivity contribution is 5.86. The summed E-state index contributed by atoms with van der Waals surface area (Å²) in [6.45, 7) is 3.79. The summed E-state index contributed by atoms with van der Waals surface area (Å²) in [6, 6.07) is 0. The first-order valence-corrected chi connectivity index (χ1v) is 5.54. The minimum Gasteiger partial charge on any atom is -0.385 e. The van der Waals surface area contributed by atoms with E-state index in [0.717, 1.165) is 6.42 Å². The highest BCUT2D eigenvalue weighted by Gasteiger charge is 2.59. The van der Waals surface area contributed by atoms with Gasteiger partial charge in [0.1, 0.15) is 6.10 Å². The number of carbonyl (C=O) groups is 1. The fourth-order valence-corrected chi connectivity index (χ4v) is 3.32. The molecule has 15 heavy (non-hydrogen) atoms. The SMILES string of the molecule is CC1(C)O[C@@H]2[C@H]3CC(=O)C(O)[C@H]3C[C@@H]2O1. The van der Waals surface area contributed by atoms with Crippen molar-refractivity contribution in [3.05, 3.63) is 0 Å². The lowest BCUT2D eigenvalue weighted by molar-refractivity contribution is -0.160. The molecule has 0 aromatic rings. The first-order chi connectivity index (χ1) is 6.98. The molecule has 0 amide bonds. The van der Waals surface area contributed by atoms with E-state index >= 15 is 0 Å². The number of ether oxygens (including phenoxy) is 2. The molecular weight excluding hydrogens is 196 g/mol. The molecule has 2 saturated carbocycles. The van der Waals surface area contributed by atoms with E-state index in [4.69, 9.17) is 9.47 Å². The number of fused-ring (bicyclic) bond motifs is 3. The normalized spacial score (nSPS) is 51.9. The number of aliphatic hydroxyl groups is 1. The van der Waals surface area contributed by atoms with Gasteiger partial charge in [0.2, 0.25) is 0 Å². The van der Waals surface area contributed by atoms with Crippen LogP contribution in [0, 0.1) is 11.8 Å². The van der Waals surface area contributed by atoms with E-state index in [2.05, 4.69) is 0 Å². The predicted octanol–water partition coefficient (Wildman–Crippen LogP) is 0.476. The molecule has 3 aliphatic rings. The molecule has 1 aliphatic heterocycles. The third-order valence-electron chi connectivity index (χ3n) is 3.87. The maximum Gasteiger partial charge on any atom is 0.163 e. The Balaban J connectivity index is 1.83. The molecular formula is C11H16O4. The van der Waals surface area contributed by atoms with Gasteiger partial charge in [-0.2, -0.15) is 0 Å². The van der Waals surface area contributed by atoms with E-state index < -0.39 is 11.9 Å². The van der Waals surface area contributed by atoms with Crippen molar-refractivity contribution >= 4 is 5.78 Å². The Morgan fingerprint density at radius 1 is 1.33 bits per heavy atom. The molecule has 4 nitrogen and oxygen atoms in total. The predicted molar refractivity (Wildman–Crippen MR) is 51.1 cm³/mol. The topological polar surface area (TPSA) is 55.8 Å². The second-order valence-corrected chi connectivity index (χ2v) is 5.32. The third-order valence-corrected chi connectivity index (χ3v) is 3.87. The van der Waals surface area contributed by atoms with Crippen LogP contribution in [0.25, 0.3) is 0 Å². The summed E-state index contributed by atoms with van der Waals surface area (Å²) in [4.78, 5) is 11.4. The number of hydrogen-bond acceptors (Lipinski definition) is 4. The van der Waals surface area contributed by atoms with Crippen LogP contribution in [0.5, 0.6) is 0 Å². The number of ketones is 1. The first-order valence-electron chi connectivity index (χ1n) is 5.54. The van der Waals surface area contributed by atoms with Crippen molar-refractivity contribution in [2.24, 2.45) is 11.8 Å². The molecule has 3 rings (SSSR count). The van der Waals surface area contributed by atoms with Gasteiger partial charge >= 0.3 is 0 Å². The molecule has 1 N–H and O–H groups in total. The Labute approximate surface area is 88.6 Å². The van der Waals surface area contributed by atoms with Crippen molar-refractivity contribution < 1.29 is 19.4 Å². The summed E-state index contributed by atoms with van der Waals surface area (Å²) >= 11 is 0. The zero-order valence-electron chi connectivity index (χ0n) is 8.97. The van der Waals surface area contributed by atoms with Gasteiger partial charge < -0.3 is 14.6 Å². The van der Waals surface area contributed by atoms with Crippen molar-refractivity contribution in [2.45, 2.75) is 50.8 Å². The molecule has 2 aliphatic carbocycles.